The van der Waals surface area contributed by atoms with Crippen LogP contribution in [0.1, 0.15) is 34.8 Å². The van der Waals surface area contributed by atoms with E-state index in [1.165, 1.54) is 0 Å². The van der Waals surface area contributed by atoms with Crippen LogP contribution >= 0.6 is 0 Å². The summed E-state index contributed by atoms with van der Waals surface area (Å²) in [6.07, 6.45) is 0.865. The Morgan fingerprint density at radius 1 is 1.08 bits per heavy atom. The number of benzene rings is 2. The van der Waals surface area contributed by atoms with Crippen molar-refractivity contribution in [3.63, 3.8) is 0 Å². The second-order valence-corrected chi connectivity index (χ2v) is 5.67. The Balaban J connectivity index is 1.75. The SMILES string of the molecule is C/C(=N/NC(=O)c1ccccc1C)c1ccc2c(c1)OCCCO2. The van der Waals surface area contributed by atoms with Crippen molar-refractivity contribution in [3.8, 4) is 11.5 Å². The van der Waals surface area contributed by atoms with Crippen LogP contribution in [-0.4, -0.2) is 24.8 Å². The maximum Gasteiger partial charge on any atom is 0.271 e. The van der Waals surface area contributed by atoms with Crippen LogP contribution in [-0.2, 0) is 0 Å². The minimum absolute atomic E-state index is 0.221. The molecule has 2 aromatic carbocycles. The van der Waals surface area contributed by atoms with E-state index in [1.807, 2.05) is 50.2 Å². The van der Waals surface area contributed by atoms with E-state index in [0.717, 1.165) is 23.3 Å². The second kappa shape index (κ2) is 7.17. The number of carbonyl (C=O) groups excluding carboxylic acids is 1. The lowest BCUT2D eigenvalue weighted by Gasteiger charge is -2.09. The molecule has 3 rings (SSSR count). The molecule has 0 radical (unpaired) electrons. The first-order valence-corrected chi connectivity index (χ1v) is 7.95. The minimum Gasteiger partial charge on any atom is -0.490 e. The zero-order chi connectivity index (χ0) is 16.9. The molecule has 24 heavy (non-hydrogen) atoms. The van der Waals surface area contributed by atoms with Gasteiger partial charge < -0.3 is 9.47 Å². The predicted octanol–water partition coefficient (Wildman–Crippen LogP) is 3.31. The number of hydrogen-bond acceptors (Lipinski definition) is 4. The van der Waals surface area contributed by atoms with Gasteiger partial charge in [-0.2, -0.15) is 5.10 Å². The summed E-state index contributed by atoms with van der Waals surface area (Å²) in [5.41, 5.74) is 5.72. The molecular formula is C19H20N2O3. The number of nitrogens with one attached hydrogen (secondary N) is 1. The monoisotopic (exact) mass is 324 g/mol. The first-order valence-electron chi connectivity index (χ1n) is 7.95. The molecule has 0 atom stereocenters. The largest absolute Gasteiger partial charge is 0.490 e. The maximum absolute atomic E-state index is 12.2. The van der Waals surface area contributed by atoms with E-state index < -0.39 is 0 Å². The van der Waals surface area contributed by atoms with Gasteiger partial charge in [-0.25, -0.2) is 5.43 Å². The van der Waals surface area contributed by atoms with Crippen LogP contribution in [0.15, 0.2) is 47.6 Å². The number of aryl methyl sites for hydroxylation is 1. The van der Waals surface area contributed by atoms with Crippen LogP contribution in [0.2, 0.25) is 0 Å². The Hall–Kier alpha value is -2.82. The number of carbonyl (C=O) groups is 1. The van der Waals surface area contributed by atoms with Gasteiger partial charge in [0.2, 0.25) is 0 Å². The molecule has 0 bridgehead atoms. The normalized spacial score (nSPS) is 14.0. The van der Waals surface area contributed by atoms with Gasteiger partial charge in [-0.1, -0.05) is 18.2 Å². The molecule has 5 heteroatoms. The fourth-order valence-electron chi connectivity index (χ4n) is 2.48. The molecule has 1 heterocycles. The summed E-state index contributed by atoms with van der Waals surface area (Å²) in [6, 6.07) is 13.1. The molecule has 0 unspecified atom stereocenters. The van der Waals surface area contributed by atoms with Gasteiger partial charge in [-0.3, -0.25) is 4.79 Å². The molecule has 124 valence electrons. The third-order valence-corrected chi connectivity index (χ3v) is 3.88. The molecule has 1 N–H and O–H groups in total. The molecule has 0 aliphatic carbocycles. The zero-order valence-corrected chi connectivity index (χ0v) is 13.8. The standard InChI is InChI=1S/C19H20N2O3/c1-13-6-3-4-7-16(13)19(22)21-20-14(2)15-8-9-17-18(12-15)24-11-5-10-23-17/h3-4,6-9,12H,5,10-11H2,1-2H3,(H,21,22)/b20-14-. The van der Waals surface area contributed by atoms with Gasteiger partial charge in [0.25, 0.3) is 5.91 Å². The topological polar surface area (TPSA) is 59.9 Å². The Kier molecular flexibility index (Phi) is 4.79. The molecule has 0 saturated heterocycles. The van der Waals surface area contributed by atoms with Crippen molar-refractivity contribution in [3.05, 3.63) is 59.2 Å². The molecule has 0 spiro atoms. The third-order valence-electron chi connectivity index (χ3n) is 3.88. The Morgan fingerprint density at radius 3 is 2.62 bits per heavy atom. The van der Waals surface area contributed by atoms with Crippen molar-refractivity contribution >= 4 is 11.6 Å². The van der Waals surface area contributed by atoms with Crippen LogP contribution in [0, 0.1) is 6.92 Å². The number of hydrazone groups is 1. The van der Waals surface area contributed by atoms with Crippen LogP contribution in [0.4, 0.5) is 0 Å². The maximum atomic E-state index is 12.2. The lowest BCUT2D eigenvalue weighted by molar-refractivity contribution is 0.0954. The van der Waals surface area contributed by atoms with E-state index in [9.17, 15) is 4.79 Å². The lowest BCUT2D eigenvalue weighted by atomic mass is 10.1. The number of amides is 1. The molecule has 1 amide bonds. The van der Waals surface area contributed by atoms with E-state index >= 15 is 0 Å². The summed E-state index contributed by atoms with van der Waals surface area (Å²) in [5.74, 6) is 1.24. The highest BCUT2D eigenvalue weighted by Gasteiger charge is 2.12. The summed E-state index contributed by atoms with van der Waals surface area (Å²) >= 11 is 0. The molecule has 5 nitrogen and oxygen atoms in total. The van der Waals surface area contributed by atoms with Crippen molar-refractivity contribution in [1.82, 2.24) is 5.43 Å². The van der Waals surface area contributed by atoms with Gasteiger partial charge in [0.1, 0.15) is 0 Å². The Bertz CT molecular complexity index is 784. The van der Waals surface area contributed by atoms with Gasteiger partial charge in [0, 0.05) is 17.5 Å². The van der Waals surface area contributed by atoms with E-state index in [0.29, 0.717) is 30.2 Å². The lowest BCUT2D eigenvalue weighted by Crippen LogP contribution is -2.20. The molecule has 0 fully saturated rings. The Labute approximate surface area is 141 Å². The summed E-state index contributed by atoms with van der Waals surface area (Å²) in [6.45, 7) is 5.04. The fraction of sp³-hybridized carbons (Fsp3) is 0.263. The summed E-state index contributed by atoms with van der Waals surface area (Å²) < 4.78 is 11.3. The number of fused-ring (bicyclic) bond motifs is 1. The van der Waals surface area contributed by atoms with Gasteiger partial charge in [-0.05, 0) is 43.7 Å². The molecule has 1 aliphatic heterocycles. The first kappa shape index (κ1) is 16.1. The zero-order valence-electron chi connectivity index (χ0n) is 13.8. The first-order chi connectivity index (χ1) is 11.6. The van der Waals surface area contributed by atoms with Gasteiger partial charge >= 0.3 is 0 Å². The Morgan fingerprint density at radius 2 is 1.83 bits per heavy atom. The van der Waals surface area contributed by atoms with Crippen molar-refractivity contribution in [2.24, 2.45) is 5.10 Å². The summed E-state index contributed by atoms with van der Waals surface area (Å²) in [7, 11) is 0. The van der Waals surface area contributed by atoms with Gasteiger partial charge in [0.05, 0.1) is 18.9 Å². The highest BCUT2D eigenvalue weighted by molar-refractivity contribution is 6.01. The van der Waals surface area contributed by atoms with E-state index in [1.54, 1.807) is 6.07 Å². The highest BCUT2D eigenvalue weighted by Crippen LogP contribution is 2.30. The average Bonchev–Trinajstić information content (AvgIpc) is 2.84. The molecule has 0 saturated carbocycles. The van der Waals surface area contributed by atoms with Gasteiger partial charge in [-0.15, -0.1) is 0 Å². The van der Waals surface area contributed by atoms with Crippen LogP contribution in [0.5, 0.6) is 11.5 Å². The fourth-order valence-corrected chi connectivity index (χ4v) is 2.48. The van der Waals surface area contributed by atoms with Crippen LogP contribution < -0.4 is 14.9 Å². The van der Waals surface area contributed by atoms with Crippen molar-refractivity contribution in [1.29, 1.82) is 0 Å². The van der Waals surface area contributed by atoms with E-state index in [-0.39, 0.29) is 5.91 Å². The van der Waals surface area contributed by atoms with E-state index in [4.69, 9.17) is 9.47 Å². The smallest absolute Gasteiger partial charge is 0.271 e. The molecule has 1 aliphatic rings. The van der Waals surface area contributed by atoms with Gasteiger partial charge in [0.15, 0.2) is 11.5 Å². The average molecular weight is 324 g/mol. The summed E-state index contributed by atoms with van der Waals surface area (Å²) in [5, 5.41) is 4.20. The number of hydrogen-bond donors (Lipinski definition) is 1. The number of nitrogens with zero attached hydrogens (tertiary/aromatic N) is 1. The van der Waals surface area contributed by atoms with Crippen molar-refractivity contribution < 1.29 is 14.3 Å². The van der Waals surface area contributed by atoms with Crippen molar-refractivity contribution in [2.45, 2.75) is 20.3 Å². The molecule has 0 aromatic heterocycles. The third kappa shape index (κ3) is 3.56. The highest BCUT2D eigenvalue weighted by atomic mass is 16.5. The minimum atomic E-state index is -0.221. The molecular weight excluding hydrogens is 304 g/mol. The van der Waals surface area contributed by atoms with E-state index in [2.05, 4.69) is 10.5 Å². The van der Waals surface area contributed by atoms with Crippen LogP contribution in [0.25, 0.3) is 0 Å². The number of rotatable bonds is 3. The molecule has 2 aromatic rings. The predicted molar refractivity (Wildman–Crippen MR) is 92.9 cm³/mol. The summed E-state index contributed by atoms with van der Waals surface area (Å²) in [4.78, 5) is 12.2. The number of ether oxygens (including phenoxy) is 2. The van der Waals surface area contributed by atoms with Crippen molar-refractivity contribution in [2.75, 3.05) is 13.2 Å². The van der Waals surface area contributed by atoms with Crippen LogP contribution in [0.3, 0.4) is 0 Å². The second-order valence-electron chi connectivity index (χ2n) is 5.67. The quantitative estimate of drug-likeness (QED) is 0.696.